The Morgan fingerprint density at radius 2 is 2.12 bits per heavy atom. The van der Waals surface area contributed by atoms with Gasteiger partial charge in [0.1, 0.15) is 5.82 Å². The number of hydroxylamine groups is 1. The van der Waals surface area contributed by atoms with Crippen molar-refractivity contribution < 1.29 is 4.84 Å². The SMILES string of the molecule is CCn1ccnc1CNOCc1ccccc1. The summed E-state index contributed by atoms with van der Waals surface area (Å²) in [6.07, 6.45) is 3.77. The first-order chi connectivity index (χ1) is 8.40. The van der Waals surface area contributed by atoms with Crippen LogP contribution in [-0.4, -0.2) is 9.55 Å². The molecule has 4 heteroatoms. The minimum absolute atomic E-state index is 0.563. The number of aromatic nitrogens is 2. The highest BCUT2D eigenvalue weighted by molar-refractivity contribution is 5.13. The molecule has 1 aromatic heterocycles. The molecule has 1 N–H and O–H groups in total. The van der Waals surface area contributed by atoms with Gasteiger partial charge in [-0.25, -0.2) is 4.98 Å². The monoisotopic (exact) mass is 231 g/mol. The van der Waals surface area contributed by atoms with E-state index in [4.69, 9.17) is 4.84 Å². The molecule has 17 heavy (non-hydrogen) atoms. The van der Waals surface area contributed by atoms with Crippen molar-refractivity contribution in [2.45, 2.75) is 26.6 Å². The molecule has 0 bridgehead atoms. The van der Waals surface area contributed by atoms with Crippen LogP contribution < -0.4 is 5.48 Å². The zero-order valence-electron chi connectivity index (χ0n) is 9.97. The van der Waals surface area contributed by atoms with Gasteiger partial charge in [0.15, 0.2) is 0 Å². The fourth-order valence-electron chi connectivity index (χ4n) is 1.62. The van der Waals surface area contributed by atoms with Gasteiger partial charge in [0.05, 0.1) is 13.2 Å². The van der Waals surface area contributed by atoms with E-state index in [0.29, 0.717) is 13.2 Å². The number of benzene rings is 1. The average molecular weight is 231 g/mol. The summed E-state index contributed by atoms with van der Waals surface area (Å²) in [4.78, 5) is 9.64. The Morgan fingerprint density at radius 1 is 1.29 bits per heavy atom. The number of rotatable bonds is 6. The van der Waals surface area contributed by atoms with Crippen molar-refractivity contribution in [2.24, 2.45) is 0 Å². The third-order valence-corrected chi connectivity index (χ3v) is 2.56. The van der Waals surface area contributed by atoms with Crippen LogP contribution in [0.5, 0.6) is 0 Å². The summed E-state index contributed by atoms with van der Waals surface area (Å²) in [6, 6.07) is 10.1. The van der Waals surface area contributed by atoms with Crippen LogP contribution in [0.25, 0.3) is 0 Å². The Balaban J connectivity index is 1.73. The van der Waals surface area contributed by atoms with E-state index in [2.05, 4.69) is 22.0 Å². The first kappa shape index (κ1) is 11.8. The lowest BCUT2D eigenvalue weighted by Crippen LogP contribution is -2.17. The fraction of sp³-hybridized carbons (Fsp3) is 0.308. The minimum atomic E-state index is 0.563. The highest BCUT2D eigenvalue weighted by atomic mass is 16.6. The summed E-state index contributed by atoms with van der Waals surface area (Å²) in [5, 5.41) is 0. The third kappa shape index (κ3) is 3.41. The van der Waals surface area contributed by atoms with Gasteiger partial charge in [-0.05, 0) is 12.5 Å². The average Bonchev–Trinajstić information content (AvgIpc) is 2.83. The number of aryl methyl sites for hydroxylation is 1. The van der Waals surface area contributed by atoms with E-state index >= 15 is 0 Å². The van der Waals surface area contributed by atoms with Crippen LogP contribution in [-0.2, 0) is 24.5 Å². The molecular formula is C13H17N3O. The van der Waals surface area contributed by atoms with Crippen molar-refractivity contribution in [2.75, 3.05) is 0 Å². The van der Waals surface area contributed by atoms with Gasteiger partial charge in [0.2, 0.25) is 0 Å². The van der Waals surface area contributed by atoms with Gasteiger partial charge >= 0.3 is 0 Å². The molecule has 1 heterocycles. The molecule has 0 aliphatic carbocycles. The molecule has 0 saturated heterocycles. The number of hydrogen-bond acceptors (Lipinski definition) is 3. The van der Waals surface area contributed by atoms with Crippen molar-refractivity contribution in [3.05, 3.63) is 54.1 Å². The van der Waals surface area contributed by atoms with E-state index in [-0.39, 0.29) is 0 Å². The van der Waals surface area contributed by atoms with Crippen molar-refractivity contribution in [3.63, 3.8) is 0 Å². The smallest absolute Gasteiger partial charge is 0.125 e. The molecule has 0 atom stereocenters. The largest absolute Gasteiger partial charge is 0.334 e. The molecule has 0 amide bonds. The van der Waals surface area contributed by atoms with E-state index in [1.54, 1.807) is 6.20 Å². The second-order valence-electron chi connectivity index (χ2n) is 3.72. The maximum absolute atomic E-state index is 5.39. The maximum Gasteiger partial charge on any atom is 0.125 e. The Morgan fingerprint density at radius 3 is 2.88 bits per heavy atom. The molecule has 0 fully saturated rings. The molecule has 0 saturated carbocycles. The quantitative estimate of drug-likeness (QED) is 0.611. The Hall–Kier alpha value is -1.65. The zero-order valence-corrected chi connectivity index (χ0v) is 9.97. The van der Waals surface area contributed by atoms with Gasteiger partial charge in [-0.1, -0.05) is 30.3 Å². The molecule has 4 nitrogen and oxygen atoms in total. The molecule has 0 unspecified atom stereocenters. The normalized spacial score (nSPS) is 10.6. The second-order valence-corrected chi connectivity index (χ2v) is 3.72. The van der Waals surface area contributed by atoms with Gasteiger partial charge in [0.25, 0.3) is 0 Å². The predicted octanol–water partition coefficient (Wildman–Crippen LogP) is 2.12. The van der Waals surface area contributed by atoms with Crippen molar-refractivity contribution >= 4 is 0 Å². The minimum Gasteiger partial charge on any atom is -0.334 e. The highest BCUT2D eigenvalue weighted by Gasteiger charge is 2.00. The molecule has 0 aliphatic rings. The summed E-state index contributed by atoms with van der Waals surface area (Å²) < 4.78 is 2.08. The van der Waals surface area contributed by atoms with Crippen molar-refractivity contribution in [1.29, 1.82) is 0 Å². The first-order valence-corrected chi connectivity index (χ1v) is 5.78. The lowest BCUT2D eigenvalue weighted by atomic mass is 10.2. The topological polar surface area (TPSA) is 39.1 Å². The molecule has 0 radical (unpaired) electrons. The number of nitrogens with one attached hydrogen (secondary N) is 1. The standard InChI is InChI=1S/C13H17N3O/c1-2-16-9-8-14-13(16)10-15-17-11-12-6-4-3-5-7-12/h3-9,15H,2,10-11H2,1H3. The molecule has 0 aliphatic heterocycles. The third-order valence-electron chi connectivity index (χ3n) is 2.56. The number of imidazole rings is 1. The van der Waals surface area contributed by atoms with E-state index in [1.807, 2.05) is 36.5 Å². The van der Waals surface area contributed by atoms with Crippen LogP contribution >= 0.6 is 0 Å². The van der Waals surface area contributed by atoms with E-state index in [1.165, 1.54) is 0 Å². The van der Waals surface area contributed by atoms with Crippen LogP contribution in [0.3, 0.4) is 0 Å². The van der Waals surface area contributed by atoms with Crippen LogP contribution in [0.1, 0.15) is 18.3 Å². The van der Waals surface area contributed by atoms with Crippen LogP contribution in [0.15, 0.2) is 42.7 Å². The molecular weight excluding hydrogens is 214 g/mol. The van der Waals surface area contributed by atoms with Crippen molar-refractivity contribution in [3.8, 4) is 0 Å². The van der Waals surface area contributed by atoms with E-state index in [0.717, 1.165) is 17.9 Å². The molecule has 90 valence electrons. The highest BCUT2D eigenvalue weighted by Crippen LogP contribution is 2.00. The van der Waals surface area contributed by atoms with Crippen LogP contribution in [0.2, 0.25) is 0 Å². The maximum atomic E-state index is 5.39. The van der Waals surface area contributed by atoms with E-state index < -0.39 is 0 Å². The predicted molar refractivity (Wildman–Crippen MR) is 66.0 cm³/mol. The van der Waals surface area contributed by atoms with Gasteiger partial charge in [-0.3, -0.25) is 4.84 Å². The Labute approximate surface area is 101 Å². The Kier molecular flexibility index (Phi) is 4.30. The van der Waals surface area contributed by atoms with Crippen molar-refractivity contribution in [1.82, 2.24) is 15.0 Å². The molecule has 0 spiro atoms. The summed E-state index contributed by atoms with van der Waals surface area (Å²) in [5.74, 6) is 0.987. The second kappa shape index (κ2) is 6.18. The lowest BCUT2D eigenvalue weighted by Gasteiger charge is -2.07. The van der Waals surface area contributed by atoms with Gasteiger partial charge < -0.3 is 4.57 Å². The molecule has 1 aromatic carbocycles. The summed E-state index contributed by atoms with van der Waals surface area (Å²) in [7, 11) is 0. The zero-order chi connectivity index (χ0) is 11.9. The van der Waals surface area contributed by atoms with Gasteiger partial charge in [-0.2, -0.15) is 5.48 Å². The van der Waals surface area contributed by atoms with Gasteiger partial charge in [0, 0.05) is 18.9 Å². The summed E-state index contributed by atoms with van der Waals surface area (Å²) >= 11 is 0. The summed E-state index contributed by atoms with van der Waals surface area (Å²) in [6.45, 7) is 4.20. The van der Waals surface area contributed by atoms with Crippen LogP contribution in [0, 0.1) is 0 Å². The molecule has 2 rings (SSSR count). The molecule has 2 aromatic rings. The van der Waals surface area contributed by atoms with E-state index in [9.17, 15) is 0 Å². The number of nitrogens with zero attached hydrogens (tertiary/aromatic N) is 2. The number of hydrogen-bond donors (Lipinski definition) is 1. The Bertz CT molecular complexity index is 439. The van der Waals surface area contributed by atoms with Gasteiger partial charge in [-0.15, -0.1) is 0 Å². The fourth-order valence-corrected chi connectivity index (χ4v) is 1.62. The van der Waals surface area contributed by atoms with Crippen LogP contribution in [0.4, 0.5) is 0 Å². The first-order valence-electron chi connectivity index (χ1n) is 5.78. The summed E-state index contributed by atoms with van der Waals surface area (Å²) in [5.41, 5.74) is 4.08. The lowest BCUT2D eigenvalue weighted by molar-refractivity contribution is 0.0216.